The van der Waals surface area contributed by atoms with Gasteiger partial charge in [0.1, 0.15) is 0 Å². The molecule has 0 aromatic carbocycles. The van der Waals surface area contributed by atoms with Crippen molar-refractivity contribution in [1.29, 1.82) is 0 Å². The molecule has 2 bridgehead atoms. The number of hydrogen-bond acceptors (Lipinski definition) is 6. The minimum atomic E-state index is -1.08. The van der Waals surface area contributed by atoms with Gasteiger partial charge in [-0.25, -0.2) is 0 Å². The number of ether oxygens (including phenoxy) is 1. The lowest BCUT2D eigenvalue weighted by Gasteiger charge is -2.64. The Hall–Kier alpha value is -0.950. The number of fused-ring (bicyclic) bond motifs is 1. The summed E-state index contributed by atoms with van der Waals surface area (Å²) in [4.78, 5) is 12.6. The molecule has 4 N–H and O–H groups in total. The van der Waals surface area contributed by atoms with Gasteiger partial charge in [-0.15, -0.1) is 0 Å². The second-order valence-corrected chi connectivity index (χ2v) is 9.48. The molecule has 4 aliphatic rings. The average Bonchev–Trinajstić information content (AvgIpc) is 2.61. The average molecular weight is 366 g/mol. The van der Waals surface area contributed by atoms with E-state index >= 15 is 0 Å². The van der Waals surface area contributed by atoms with Crippen molar-refractivity contribution in [3.63, 3.8) is 0 Å². The largest absolute Gasteiger partial charge is 0.465 e. The molecule has 3 fully saturated rings. The van der Waals surface area contributed by atoms with Gasteiger partial charge in [0.25, 0.3) is 0 Å². The highest BCUT2D eigenvalue weighted by atomic mass is 16.5. The highest BCUT2D eigenvalue weighted by Gasteiger charge is 2.69. The van der Waals surface area contributed by atoms with Crippen molar-refractivity contribution in [3.8, 4) is 0 Å². The Balaban J connectivity index is 1.76. The van der Waals surface area contributed by atoms with Crippen LogP contribution in [0.2, 0.25) is 0 Å². The fourth-order valence-corrected chi connectivity index (χ4v) is 6.62. The standard InChI is InChI=1S/C20H30O6/c1-18(15(24)9-21)5-3-12-11(8-18)7-13(22)16-19(2)14(23)4-6-20(12,16)10-26-17(19)25/h7,12-16,21-24H,3-6,8-10H2,1-2H3/t12-,13-,14+,15+,16+,18-,19+,20+/m1/s1. The first-order valence-electron chi connectivity index (χ1n) is 9.72. The molecule has 8 atom stereocenters. The first kappa shape index (κ1) is 18.4. The zero-order valence-electron chi connectivity index (χ0n) is 15.5. The van der Waals surface area contributed by atoms with Gasteiger partial charge in [-0.3, -0.25) is 4.79 Å². The lowest BCUT2D eigenvalue weighted by molar-refractivity contribution is -0.241. The molecular formula is C20H30O6. The monoisotopic (exact) mass is 366 g/mol. The van der Waals surface area contributed by atoms with E-state index in [9.17, 15) is 25.2 Å². The summed E-state index contributed by atoms with van der Waals surface area (Å²) < 4.78 is 5.57. The molecule has 2 saturated carbocycles. The molecule has 0 spiro atoms. The normalized spacial score (nSPS) is 51.6. The van der Waals surface area contributed by atoms with Gasteiger partial charge >= 0.3 is 5.97 Å². The number of aliphatic hydroxyl groups excluding tert-OH is 4. The summed E-state index contributed by atoms with van der Waals surface area (Å²) in [7, 11) is 0. The number of allylic oxidation sites excluding steroid dienone is 1. The van der Waals surface area contributed by atoms with E-state index in [0.29, 0.717) is 12.8 Å². The number of carbonyl (C=O) groups excluding carboxylic acids is 1. The van der Waals surface area contributed by atoms with Crippen LogP contribution in [0.25, 0.3) is 0 Å². The Morgan fingerprint density at radius 3 is 2.69 bits per heavy atom. The van der Waals surface area contributed by atoms with Gasteiger partial charge in [0, 0.05) is 11.3 Å². The third-order valence-corrected chi connectivity index (χ3v) is 8.21. The van der Waals surface area contributed by atoms with E-state index in [1.165, 1.54) is 0 Å². The molecule has 0 unspecified atom stereocenters. The lowest BCUT2D eigenvalue weighted by atomic mass is 9.42. The van der Waals surface area contributed by atoms with Crippen LogP contribution < -0.4 is 0 Å². The number of rotatable bonds is 2. The zero-order valence-corrected chi connectivity index (χ0v) is 15.5. The molecule has 6 nitrogen and oxygen atoms in total. The van der Waals surface area contributed by atoms with Crippen LogP contribution in [0.4, 0.5) is 0 Å². The van der Waals surface area contributed by atoms with Crippen molar-refractivity contribution < 1.29 is 30.0 Å². The molecule has 6 heteroatoms. The van der Waals surface area contributed by atoms with Crippen LogP contribution in [0.1, 0.15) is 46.0 Å². The van der Waals surface area contributed by atoms with Gasteiger partial charge in [0.2, 0.25) is 0 Å². The van der Waals surface area contributed by atoms with Crippen LogP contribution >= 0.6 is 0 Å². The Morgan fingerprint density at radius 1 is 1.27 bits per heavy atom. The second kappa shape index (κ2) is 5.77. The van der Waals surface area contributed by atoms with E-state index in [2.05, 4.69) is 0 Å². The van der Waals surface area contributed by atoms with Gasteiger partial charge in [0.15, 0.2) is 0 Å². The first-order valence-corrected chi connectivity index (χ1v) is 9.72. The summed E-state index contributed by atoms with van der Waals surface area (Å²) in [6, 6.07) is 0. The minimum absolute atomic E-state index is 0.176. The molecule has 4 rings (SSSR count). The summed E-state index contributed by atoms with van der Waals surface area (Å²) >= 11 is 0. The molecule has 1 saturated heterocycles. The Labute approximate surface area is 153 Å². The minimum Gasteiger partial charge on any atom is -0.465 e. The number of hydrogen-bond donors (Lipinski definition) is 4. The molecule has 1 aliphatic heterocycles. The maximum atomic E-state index is 12.6. The summed E-state index contributed by atoms with van der Waals surface area (Å²) in [5, 5.41) is 41.3. The third kappa shape index (κ3) is 2.16. The highest BCUT2D eigenvalue weighted by Crippen LogP contribution is 2.66. The molecule has 0 radical (unpaired) electrons. The van der Waals surface area contributed by atoms with Gasteiger partial charge < -0.3 is 25.2 Å². The van der Waals surface area contributed by atoms with Crippen LogP contribution in [0.15, 0.2) is 11.6 Å². The Morgan fingerprint density at radius 2 is 2.00 bits per heavy atom. The Bertz CT molecular complexity index is 646. The Kier molecular flexibility index (Phi) is 4.09. The fourth-order valence-electron chi connectivity index (χ4n) is 6.62. The van der Waals surface area contributed by atoms with E-state index in [1.807, 2.05) is 13.0 Å². The molecule has 0 aromatic rings. The fraction of sp³-hybridized carbons (Fsp3) is 0.850. The van der Waals surface area contributed by atoms with E-state index in [0.717, 1.165) is 24.8 Å². The van der Waals surface area contributed by atoms with E-state index in [4.69, 9.17) is 4.74 Å². The van der Waals surface area contributed by atoms with Crippen molar-refractivity contribution in [2.75, 3.05) is 13.2 Å². The van der Waals surface area contributed by atoms with Gasteiger partial charge in [0.05, 0.1) is 36.9 Å². The molecule has 3 aliphatic carbocycles. The van der Waals surface area contributed by atoms with Crippen molar-refractivity contribution in [2.24, 2.45) is 28.1 Å². The van der Waals surface area contributed by atoms with E-state index in [-0.39, 0.29) is 30.5 Å². The first-order chi connectivity index (χ1) is 12.2. The maximum absolute atomic E-state index is 12.6. The van der Waals surface area contributed by atoms with Crippen LogP contribution in [0, 0.1) is 28.1 Å². The van der Waals surface area contributed by atoms with Crippen LogP contribution in [-0.2, 0) is 9.53 Å². The number of esters is 1. The molecular weight excluding hydrogens is 336 g/mol. The summed E-state index contributed by atoms with van der Waals surface area (Å²) in [6.07, 6.45) is 2.92. The van der Waals surface area contributed by atoms with Crippen LogP contribution in [-0.4, -0.2) is 57.9 Å². The quantitative estimate of drug-likeness (QED) is 0.425. The van der Waals surface area contributed by atoms with Gasteiger partial charge in [-0.2, -0.15) is 0 Å². The van der Waals surface area contributed by atoms with Crippen LogP contribution in [0.5, 0.6) is 0 Å². The van der Waals surface area contributed by atoms with Crippen molar-refractivity contribution in [2.45, 2.75) is 64.3 Å². The predicted octanol–water partition coefficient (Wildman–Crippen LogP) is 0.767. The molecule has 0 aromatic heterocycles. The van der Waals surface area contributed by atoms with E-state index in [1.54, 1.807) is 6.92 Å². The van der Waals surface area contributed by atoms with E-state index < -0.39 is 35.1 Å². The topological polar surface area (TPSA) is 107 Å². The molecule has 1 heterocycles. The number of cyclic esters (lactones) is 1. The van der Waals surface area contributed by atoms with Crippen molar-refractivity contribution >= 4 is 5.97 Å². The number of carbonyl (C=O) groups is 1. The second-order valence-electron chi connectivity index (χ2n) is 9.48. The highest BCUT2D eigenvalue weighted by molar-refractivity contribution is 5.79. The summed E-state index contributed by atoms with van der Waals surface area (Å²) in [6.45, 7) is 3.74. The van der Waals surface area contributed by atoms with Crippen molar-refractivity contribution in [3.05, 3.63) is 11.6 Å². The van der Waals surface area contributed by atoms with Crippen molar-refractivity contribution in [1.82, 2.24) is 0 Å². The van der Waals surface area contributed by atoms with Crippen LogP contribution in [0.3, 0.4) is 0 Å². The predicted molar refractivity (Wildman–Crippen MR) is 92.9 cm³/mol. The lowest BCUT2D eigenvalue weighted by Crippen LogP contribution is -2.69. The zero-order chi connectivity index (χ0) is 18.9. The SMILES string of the molecule is C[C@@]1([C@@H](O)CO)CC[C@@H]2C(=C[C@@H](O)[C@@H]3[C@]24CC[C@H](O)[C@]3(C)C(=O)OC4)C1. The summed E-state index contributed by atoms with van der Waals surface area (Å²) in [5.41, 5.74) is -0.741. The molecule has 26 heavy (non-hydrogen) atoms. The molecule has 0 amide bonds. The number of aliphatic hydroxyl groups is 4. The summed E-state index contributed by atoms with van der Waals surface area (Å²) in [5.74, 6) is -0.576. The smallest absolute Gasteiger partial charge is 0.314 e. The molecule has 146 valence electrons. The maximum Gasteiger partial charge on any atom is 0.314 e. The third-order valence-electron chi connectivity index (χ3n) is 8.21. The van der Waals surface area contributed by atoms with Gasteiger partial charge in [-0.05, 0) is 50.4 Å². The van der Waals surface area contributed by atoms with Gasteiger partial charge in [-0.1, -0.05) is 18.6 Å².